The van der Waals surface area contributed by atoms with Gasteiger partial charge in [-0.15, -0.1) is 0 Å². The van der Waals surface area contributed by atoms with E-state index in [-0.39, 0.29) is 5.91 Å². The molecule has 26 heavy (non-hydrogen) atoms. The molecule has 0 heterocycles. The van der Waals surface area contributed by atoms with Crippen molar-refractivity contribution in [2.24, 2.45) is 0 Å². The Bertz CT molecular complexity index is 785. The number of hydrogen-bond donors (Lipinski definition) is 1. The number of amides is 1. The Morgan fingerprint density at radius 1 is 1.27 bits per heavy atom. The number of carbonyl (C=O) groups is 1. The fourth-order valence-electron chi connectivity index (χ4n) is 2.45. The molecule has 0 aromatic heterocycles. The molecule has 0 aliphatic carbocycles. The SMILES string of the molecule is CCOc1ccc(CN(C)CCC(=O)Nc2ccc(C#N)c(Cl)c2)cc1. The van der Waals surface area contributed by atoms with Crippen LogP contribution in [0, 0.1) is 11.3 Å². The third-order valence-corrected chi connectivity index (χ3v) is 4.09. The van der Waals surface area contributed by atoms with Crippen LogP contribution in [0.1, 0.15) is 24.5 Å². The molecule has 0 spiro atoms. The van der Waals surface area contributed by atoms with Crippen molar-refractivity contribution in [3.8, 4) is 11.8 Å². The molecule has 2 aromatic rings. The summed E-state index contributed by atoms with van der Waals surface area (Å²) in [5, 5.41) is 12.0. The van der Waals surface area contributed by atoms with E-state index >= 15 is 0 Å². The minimum atomic E-state index is -0.0932. The summed E-state index contributed by atoms with van der Waals surface area (Å²) < 4.78 is 5.43. The molecule has 2 aromatic carbocycles. The van der Waals surface area contributed by atoms with Crippen LogP contribution in [0.4, 0.5) is 5.69 Å². The second-order valence-corrected chi connectivity index (χ2v) is 6.33. The fraction of sp³-hybridized carbons (Fsp3) is 0.300. The van der Waals surface area contributed by atoms with Gasteiger partial charge in [-0.2, -0.15) is 5.26 Å². The largest absolute Gasteiger partial charge is 0.494 e. The maximum Gasteiger partial charge on any atom is 0.225 e. The Hall–Kier alpha value is -2.55. The Morgan fingerprint density at radius 2 is 2.00 bits per heavy atom. The molecule has 0 saturated heterocycles. The highest BCUT2D eigenvalue weighted by molar-refractivity contribution is 6.32. The van der Waals surface area contributed by atoms with Crippen LogP contribution < -0.4 is 10.1 Å². The Labute approximate surface area is 159 Å². The molecule has 5 nitrogen and oxygen atoms in total. The lowest BCUT2D eigenvalue weighted by molar-refractivity contribution is -0.116. The highest BCUT2D eigenvalue weighted by Gasteiger charge is 2.08. The molecule has 0 radical (unpaired) electrons. The van der Waals surface area contributed by atoms with Gasteiger partial charge >= 0.3 is 0 Å². The first kappa shape index (κ1) is 19.8. The molecular weight excluding hydrogens is 350 g/mol. The van der Waals surface area contributed by atoms with Gasteiger partial charge < -0.3 is 15.0 Å². The first-order valence-corrected chi connectivity index (χ1v) is 8.79. The normalized spacial score (nSPS) is 10.4. The summed E-state index contributed by atoms with van der Waals surface area (Å²) in [6.45, 7) is 3.99. The summed E-state index contributed by atoms with van der Waals surface area (Å²) in [5.41, 5.74) is 2.14. The molecule has 1 N–H and O–H groups in total. The summed E-state index contributed by atoms with van der Waals surface area (Å²) in [4.78, 5) is 14.2. The van der Waals surface area contributed by atoms with E-state index in [2.05, 4.69) is 10.2 Å². The van der Waals surface area contributed by atoms with E-state index in [4.69, 9.17) is 21.6 Å². The number of ether oxygens (including phenoxy) is 1. The molecular formula is C20H22ClN3O2. The number of carbonyl (C=O) groups excluding carboxylic acids is 1. The second-order valence-electron chi connectivity index (χ2n) is 5.92. The van der Waals surface area contributed by atoms with Crippen LogP contribution >= 0.6 is 11.6 Å². The number of hydrogen-bond acceptors (Lipinski definition) is 4. The van der Waals surface area contributed by atoms with Crippen molar-refractivity contribution in [1.29, 1.82) is 5.26 Å². The summed E-state index contributed by atoms with van der Waals surface area (Å²) >= 11 is 5.97. The topological polar surface area (TPSA) is 65.4 Å². The van der Waals surface area contributed by atoms with Crippen molar-refractivity contribution in [3.05, 3.63) is 58.6 Å². The molecule has 0 saturated carbocycles. The van der Waals surface area contributed by atoms with E-state index in [0.29, 0.717) is 35.8 Å². The number of nitriles is 1. The third-order valence-electron chi connectivity index (χ3n) is 3.78. The smallest absolute Gasteiger partial charge is 0.225 e. The molecule has 0 fully saturated rings. The molecule has 0 bridgehead atoms. The van der Waals surface area contributed by atoms with Gasteiger partial charge in [0.05, 0.1) is 17.2 Å². The van der Waals surface area contributed by atoms with Crippen LogP contribution in [0.2, 0.25) is 5.02 Å². The van der Waals surface area contributed by atoms with Crippen LogP contribution in [-0.4, -0.2) is 31.0 Å². The van der Waals surface area contributed by atoms with Gasteiger partial charge in [0, 0.05) is 25.2 Å². The average molecular weight is 372 g/mol. The van der Waals surface area contributed by atoms with E-state index in [0.717, 1.165) is 17.9 Å². The Morgan fingerprint density at radius 3 is 2.62 bits per heavy atom. The van der Waals surface area contributed by atoms with Gasteiger partial charge in [-0.3, -0.25) is 4.79 Å². The van der Waals surface area contributed by atoms with Gasteiger partial charge in [-0.25, -0.2) is 0 Å². The zero-order chi connectivity index (χ0) is 18.9. The monoisotopic (exact) mass is 371 g/mol. The first-order chi connectivity index (χ1) is 12.5. The lowest BCUT2D eigenvalue weighted by atomic mass is 10.2. The number of rotatable bonds is 8. The van der Waals surface area contributed by atoms with Gasteiger partial charge in [-0.1, -0.05) is 23.7 Å². The van der Waals surface area contributed by atoms with Crippen molar-refractivity contribution in [2.75, 3.05) is 25.5 Å². The zero-order valence-corrected chi connectivity index (χ0v) is 15.7. The van der Waals surface area contributed by atoms with E-state index in [9.17, 15) is 4.79 Å². The fourth-order valence-corrected chi connectivity index (χ4v) is 2.67. The van der Waals surface area contributed by atoms with Gasteiger partial charge in [0.25, 0.3) is 0 Å². The molecule has 0 atom stereocenters. The van der Waals surface area contributed by atoms with E-state index in [1.165, 1.54) is 0 Å². The molecule has 1 amide bonds. The van der Waals surface area contributed by atoms with Crippen molar-refractivity contribution in [1.82, 2.24) is 4.90 Å². The number of benzene rings is 2. The highest BCUT2D eigenvalue weighted by atomic mass is 35.5. The number of halogens is 1. The Balaban J connectivity index is 1.79. The van der Waals surface area contributed by atoms with Crippen LogP contribution in [-0.2, 0) is 11.3 Å². The first-order valence-electron chi connectivity index (χ1n) is 8.41. The van der Waals surface area contributed by atoms with Crippen molar-refractivity contribution < 1.29 is 9.53 Å². The predicted octanol–water partition coefficient (Wildman–Crippen LogP) is 4.07. The van der Waals surface area contributed by atoms with Crippen molar-refractivity contribution >= 4 is 23.2 Å². The van der Waals surface area contributed by atoms with Crippen LogP contribution in [0.25, 0.3) is 0 Å². The summed E-state index contributed by atoms with van der Waals surface area (Å²) in [7, 11) is 1.97. The van der Waals surface area contributed by atoms with Gasteiger partial charge in [-0.05, 0) is 49.9 Å². The van der Waals surface area contributed by atoms with Crippen LogP contribution in [0.5, 0.6) is 5.75 Å². The molecule has 0 aliphatic heterocycles. The second kappa shape index (κ2) is 9.81. The Kier molecular flexibility index (Phi) is 7.46. The maximum absolute atomic E-state index is 12.1. The number of anilines is 1. The summed E-state index contributed by atoms with van der Waals surface area (Å²) in [5.74, 6) is 0.767. The lowest BCUT2D eigenvalue weighted by Gasteiger charge is -2.17. The molecule has 0 unspecified atom stereocenters. The van der Waals surface area contributed by atoms with Gasteiger partial charge in [0.1, 0.15) is 11.8 Å². The average Bonchev–Trinajstić information content (AvgIpc) is 2.62. The van der Waals surface area contributed by atoms with Crippen molar-refractivity contribution in [2.45, 2.75) is 19.9 Å². The molecule has 136 valence electrons. The molecule has 6 heteroatoms. The van der Waals surface area contributed by atoms with Gasteiger partial charge in [0.15, 0.2) is 0 Å². The van der Waals surface area contributed by atoms with Gasteiger partial charge in [0.2, 0.25) is 5.91 Å². The van der Waals surface area contributed by atoms with Crippen LogP contribution in [0.3, 0.4) is 0 Å². The standard InChI is InChI=1S/C20H22ClN3O2/c1-3-26-18-8-4-15(5-9-18)14-24(2)11-10-20(25)23-17-7-6-16(13-22)19(21)12-17/h4-9,12H,3,10-11,14H2,1-2H3,(H,23,25). The summed E-state index contributed by atoms with van der Waals surface area (Å²) in [6, 6.07) is 14.8. The molecule has 0 aliphatic rings. The number of nitrogens with zero attached hydrogens (tertiary/aromatic N) is 2. The maximum atomic E-state index is 12.1. The number of nitrogens with one attached hydrogen (secondary N) is 1. The van der Waals surface area contributed by atoms with E-state index in [1.54, 1.807) is 18.2 Å². The highest BCUT2D eigenvalue weighted by Crippen LogP contribution is 2.20. The van der Waals surface area contributed by atoms with E-state index in [1.807, 2.05) is 44.3 Å². The summed E-state index contributed by atoms with van der Waals surface area (Å²) in [6.07, 6.45) is 0.366. The quantitative estimate of drug-likeness (QED) is 0.759. The predicted molar refractivity (Wildman–Crippen MR) is 103 cm³/mol. The minimum Gasteiger partial charge on any atom is -0.494 e. The lowest BCUT2D eigenvalue weighted by Crippen LogP contribution is -2.24. The van der Waals surface area contributed by atoms with Crippen LogP contribution in [0.15, 0.2) is 42.5 Å². The third kappa shape index (κ3) is 6.07. The van der Waals surface area contributed by atoms with E-state index < -0.39 is 0 Å². The minimum absolute atomic E-state index is 0.0932. The molecule has 2 rings (SSSR count). The van der Waals surface area contributed by atoms with Crippen molar-refractivity contribution in [3.63, 3.8) is 0 Å². The zero-order valence-electron chi connectivity index (χ0n) is 15.0.